The molecule has 1 aromatic rings. The Morgan fingerprint density at radius 1 is 1.31 bits per heavy atom. The molecular formula is C25H36O4. The van der Waals surface area contributed by atoms with Crippen molar-refractivity contribution in [1.29, 1.82) is 0 Å². The standard InChI is InChI=1S/C25H36O4/c1-10-18(26)13(2)11-14(3)19-15(4)12-24(7)21(19)25(24,8)22-16(5)20(27)17(6)23(28-9)29-22/h11-13,18-19,21,26H,10H2,1-9H3/b14-11+/t13-,18-,19-,21+,24-,25+/m1/s1. The molecule has 0 aromatic carbocycles. The third-order valence-electron chi connectivity index (χ3n) is 7.88. The maximum absolute atomic E-state index is 12.8. The largest absolute Gasteiger partial charge is 0.468 e. The van der Waals surface area contributed by atoms with Gasteiger partial charge in [-0.1, -0.05) is 51.0 Å². The number of aliphatic hydroxyl groups excluding tert-OH is 1. The van der Waals surface area contributed by atoms with Crippen LogP contribution in [0, 0.1) is 37.0 Å². The molecule has 2 aliphatic carbocycles. The van der Waals surface area contributed by atoms with E-state index < -0.39 is 0 Å². The van der Waals surface area contributed by atoms with Crippen LogP contribution in [-0.4, -0.2) is 18.3 Å². The van der Waals surface area contributed by atoms with Gasteiger partial charge in [-0.05, 0) is 40.0 Å². The van der Waals surface area contributed by atoms with E-state index in [9.17, 15) is 9.90 Å². The number of hydrogen-bond acceptors (Lipinski definition) is 4. The highest BCUT2D eigenvalue weighted by molar-refractivity contribution is 5.52. The zero-order chi connectivity index (χ0) is 21.9. The Morgan fingerprint density at radius 3 is 2.48 bits per heavy atom. The molecule has 160 valence electrons. The molecule has 1 saturated carbocycles. The van der Waals surface area contributed by atoms with E-state index in [-0.39, 0.29) is 34.2 Å². The molecule has 1 fully saturated rings. The lowest BCUT2D eigenvalue weighted by molar-refractivity contribution is 0.133. The van der Waals surface area contributed by atoms with Gasteiger partial charge < -0.3 is 14.3 Å². The maximum atomic E-state index is 12.8. The van der Waals surface area contributed by atoms with Gasteiger partial charge in [-0.3, -0.25) is 4.79 Å². The van der Waals surface area contributed by atoms with Gasteiger partial charge in [0.05, 0.1) is 18.8 Å². The third kappa shape index (κ3) is 2.94. The molecule has 0 radical (unpaired) electrons. The Hall–Kier alpha value is -1.81. The number of methoxy groups -OCH3 is 1. The van der Waals surface area contributed by atoms with E-state index in [0.29, 0.717) is 23.0 Å². The van der Waals surface area contributed by atoms with Gasteiger partial charge in [0.2, 0.25) is 0 Å². The SMILES string of the molecule is CC[C@@H](O)[C@H](C)/C=C(\C)[C@@H]1C(C)=C[C@]2(C)[C@H]1[C@@]2(C)c1oc(OC)c(C)c(=O)c1C. The van der Waals surface area contributed by atoms with Crippen molar-refractivity contribution in [3.05, 3.63) is 50.4 Å². The molecule has 2 aliphatic rings. The zero-order valence-electron chi connectivity index (χ0n) is 19.3. The van der Waals surface area contributed by atoms with E-state index in [4.69, 9.17) is 9.15 Å². The molecule has 0 amide bonds. The Bertz CT molecular complexity index is 937. The molecule has 4 nitrogen and oxygen atoms in total. The van der Waals surface area contributed by atoms with Crippen molar-refractivity contribution in [1.82, 2.24) is 0 Å². The van der Waals surface area contributed by atoms with Crippen molar-refractivity contribution in [2.45, 2.75) is 73.3 Å². The van der Waals surface area contributed by atoms with Gasteiger partial charge >= 0.3 is 0 Å². The van der Waals surface area contributed by atoms with Crippen molar-refractivity contribution >= 4 is 0 Å². The van der Waals surface area contributed by atoms with Crippen molar-refractivity contribution in [2.75, 3.05) is 7.11 Å². The van der Waals surface area contributed by atoms with Crippen LogP contribution < -0.4 is 10.2 Å². The highest BCUT2D eigenvalue weighted by Crippen LogP contribution is 2.78. The molecule has 6 atom stereocenters. The summed E-state index contributed by atoms with van der Waals surface area (Å²) in [4.78, 5) is 12.8. The minimum atomic E-state index is -0.325. The average molecular weight is 401 g/mol. The molecule has 1 heterocycles. The summed E-state index contributed by atoms with van der Waals surface area (Å²) < 4.78 is 11.6. The van der Waals surface area contributed by atoms with E-state index in [2.05, 4.69) is 46.8 Å². The maximum Gasteiger partial charge on any atom is 0.291 e. The molecule has 0 saturated heterocycles. The second kappa shape index (κ2) is 7.16. The molecule has 3 rings (SSSR count). The molecular weight excluding hydrogens is 364 g/mol. The van der Waals surface area contributed by atoms with Crippen LogP contribution in [0.5, 0.6) is 5.95 Å². The Morgan fingerprint density at radius 2 is 1.93 bits per heavy atom. The first-order valence-electron chi connectivity index (χ1n) is 10.7. The van der Waals surface area contributed by atoms with Crippen LogP contribution in [0.1, 0.15) is 64.9 Å². The van der Waals surface area contributed by atoms with Gasteiger partial charge in [-0.15, -0.1) is 0 Å². The zero-order valence-corrected chi connectivity index (χ0v) is 19.3. The summed E-state index contributed by atoms with van der Waals surface area (Å²) in [5.41, 5.74) is 3.53. The number of allylic oxidation sites excluding steroid dienone is 3. The lowest BCUT2D eigenvalue weighted by Gasteiger charge is -2.25. The normalized spacial score (nSPS) is 33.2. The van der Waals surface area contributed by atoms with Gasteiger partial charge in [0.1, 0.15) is 5.76 Å². The van der Waals surface area contributed by atoms with Crippen LogP contribution in [0.4, 0.5) is 0 Å². The van der Waals surface area contributed by atoms with E-state index >= 15 is 0 Å². The predicted molar refractivity (Wildman–Crippen MR) is 116 cm³/mol. The highest BCUT2D eigenvalue weighted by atomic mass is 16.6. The van der Waals surface area contributed by atoms with E-state index in [1.807, 2.05) is 13.8 Å². The van der Waals surface area contributed by atoms with E-state index in [1.165, 1.54) is 11.1 Å². The molecule has 0 unspecified atom stereocenters. The van der Waals surface area contributed by atoms with Gasteiger partial charge in [0.25, 0.3) is 5.95 Å². The fourth-order valence-electron chi connectivity index (χ4n) is 6.04. The first-order valence-corrected chi connectivity index (χ1v) is 10.7. The van der Waals surface area contributed by atoms with Gasteiger partial charge in [0.15, 0.2) is 5.43 Å². The van der Waals surface area contributed by atoms with E-state index in [0.717, 1.165) is 12.2 Å². The summed E-state index contributed by atoms with van der Waals surface area (Å²) >= 11 is 0. The Labute approximate surface area is 174 Å². The summed E-state index contributed by atoms with van der Waals surface area (Å²) in [5.74, 6) is 1.79. The summed E-state index contributed by atoms with van der Waals surface area (Å²) in [7, 11) is 1.54. The molecule has 0 aliphatic heterocycles. The summed E-state index contributed by atoms with van der Waals surface area (Å²) in [6.45, 7) is 16.5. The van der Waals surface area contributed by atoms with Crippen molar-refractivity contribution < 1.29 is 14.3 Å². The second-order valence-electron chi connectivity index (χ2n) is 9.58. The lowest BCUT2D eigenvalue weighted by atomic mass is 9.81. The number of ether oxygens (including phenoxy) is 1. The number of hydrogen-bond donors (Lipinski definition) is 1. The summed E-state index contributed by atoms with van der Waals surface area (Å²) in [6.07, 6.45) is 5.01. The lowest BCUT2D eigenvalue weighted by Crippen LogP contribution is -2.23. The predicted octanol–water partition coefficient (Wildman–Crippen LogP) is 5.09. The monoisotopic (exact) mass is 400 g/mol. The van der Waals surface area contributed by atoms with Crippen LogP contribution in [0.15, 0.2) is 32.5 Å². The van der Waals surface area contributed by atoms with Gasteiger partial charge in [-0.2, -0.15) is 0 Å². The third-order valence-corrected chi connectivity index (χ3v) is 7.88. The quantitative estimate of drug-likeness (QED) is 0.676. The summed E-state index contributed by atoms with van der Waals surface area (Å²) in [6, 6.07) is 0. The molecule has 29 heavy (non-hydrogen) atoms. The van der Waals surface area contributed by atoms with Crippen LogP contribution in [-0.2, 0) is 5.41 Å². The van der Waals surface area contributed by atoms with Crippen molar-refractivity contribution in [3.8, 4) is 5.95 Å². The van der Waals surface area contributed by atoms with Gasteiger partial charge in [-0.25, -0.2) is 0 Å². The average Bonchev–Trinajstić information content (AvgIpc) is 2.98. The van der Waals surface area contributed by atoms with E-state index in [1.54, 1.807) is 14.0 Å². The number of aliphatic hydroxyl groups is 1. The number of fused-ring (bicyclic) bond motifs is 1. The van der Waals surface area contributed by atoms with Crippen LogP contribution in [0.3, 0.4) is 0 Å². The molecule has 4 heteroatoms. The van der Waals surface area contributed by atoms with Crippen LogP contribution >= 0.6 is 0 Å². The molecule has 1 N–H and O–H groups in total. The molecule has 0 spiro atoms. The topological polar surface area (TPSA) is 59.7 Å². The smallest absolute Gasteiger partial charge is 0.291 e. The Balaban J connectivity index is 2.07. The van der Waals surface area contributed by atoms with Crippen LogP contribution in [0.25, 0.3) is 0 Å². The highest BCUT2D eigenvalue weighted by Gasteiger charge is 2.77. The molecule has 0 bridgehead atoms. The second-order valence-corrected chi connectivity index (χ2v) is 9.58. The molecule has 1 aromatic heterocycles. The fraction of sp³-hybridized carbons (Fsp3) is 0.640. The van der Waals surface area contributed by atoms with Crippen molar-refractivity contribution in [3.63, 3.8) is 0 Å². The minimum absolute atomic E-state index is 0.00195. The minimum Gasteiger partial charge on any atom is -0.468 e. The van der Waals surface area contributed by atoms with Gasteiger partial charge in [0, 0.05) is 28.2 Å². The fourth-order valence-corrected chi connectivity index (χ4v) is 6.04. The van der Waals surface area contributed by atoms with Crippen molar-refractivity contribution in [2.24, 2.45) is 23.2 Å². The first-order chi connectivity index (χ1) is 13.4. The Kier molecular flexibility index (Phi) is 5.40. The number of rotatable bonds is 6. The first kappa shape index (κ1) is 21.9. The summed E-state index contributed by atoms with van der Waals surface area (Å²) in [5, 5.41) is 10.2. The van der Waals surface area contributed by atoms with Crippen LogP contribution in [0.2, 0.25) is 0 Å².